The van der Waals surface area contributed by atoms with Crippen molar-refractivity contribution in [3.05, 3.63) is 12.2 Å². The molecule has 0 aromatic heterocycles. The van der Waals surface area contributed by atoms with E-state index in [4.69, 9.17) is 5.73 Å². The number of unbranched alkanes of at least 4 members (excludes halogenated alkanes) is 2. The van der Waals surface area contributed by atoms with Crippen LogP contribution >= 0.6 is 0 Å². The third-order valence-electron chi connectivity index (χ3n) is 2.34. The fourth-order valence-corrected chi connectivity index (χ4v) is 1.40. The third kappa shape index (κ3) is 5.83. The Balaban J connectivity index is 3.70. The average molecular weight is 184 g/mol. The Morgan fingerprint density at radius 3 is 2.54 bits per heavy atom. The molecule has 0 aliphatic carbocycles. The van der Waals surface area contributed by atoms with Gasteiger partial charge in [-0.05, 0) is 26.9 Å². The molecule has 1 atom stereocenters. The highest BCUT2D eigenvalue weighted by Gasteiger charge is 2.07. The van der Waals surface area contributed by atoms with Gasteiger partial charge < -0.3 is 5.73 Å². The van der Waals surface area contributed by atoms with Crippen LogP contribution in [0.4, 0.5) is 0 Å². The number of allylic oxidation sites excluding steroid dienone is 1. The van der Waals surface area contributed by atoms with Crippen molar-refractivity contribution in [3.63, 3.8) is 0 Å². The summed E-state index contributed by atoms with van der Waals surface area (Å²) in [5.74, 6) is 0. The maximum absolute atomic E-state index is 5.67. The molecule has 1 unspecified atom stereocenters. The molecule has 0 aliphatic rings. The molecule has 2 N–H and O–H groups in total. The Morgan fingerprint density at radius 1 is 1.38 bits per heavy atom. The summed E-state index contributed by atoms with van der Waals surface area (Å²) in [6, 6.07) is 0.418. The van der Waals surface area contributed by atoms with Gasteiger partial charge in [-0.25, -0.2) is 0 Å². The van der Waals surface area contributed by atoms with E-state index in [0.29, 0.717) is 12.6 Å². The summed E-state index contributed by atoms with van der Waals surface area (Å²) in [5.41, 5.74) is 5.67. The van der Waals surface area contributed by atoms with Gasteiger partial charge in [0.15, 0.2) is 0 Å². The first kappa shape index (κ1) is 12.7. The Hall–Kier alpha value is -0.340. The minimum atomic E-state index is 0.418. The SMILES string of the molecule is CC=CC(CN)N(C)CCCCC. The van der Waals surface area contributed by atoms with Crippen molar-refractivity contribution in [2.24, 2.45) is 5.73 Å². The molecule has 0 aromatic carbocycles. The first-order valence-corrected chi connectivity index (χ1v) is 5.29. The van der Waals surface area contributed by atoms with Crippen molar-refractivity contribution in [3.8, 4) is 0 Å². The number of rotatable bonds is 7. The van der Waals surface area contributed by atoms with Crippen LogP contribution in [0, 0.1) is 0 Å². The monoisotopic (exact) mass is 184 g/mol. The lowest BCUT2D eigenvalue weighted by Crippen LogP contribution is -2.36. The summed E-state index contributed by atoms with van der Waals surface area (Å²) in [6.07, 6.45) is 8.13. The summed E-state index contributed by atoms with van der Waals surface area (Å²) in [7, 11) is 2.15. The van der Waals surface area contributed by atoms with Crippen molar-refractivity contribution in [1.82, 2.24) is 4.90 Å². The summed E-state index contributed by atoms with van der Waals surface area (Å²) in [5, 5.41) is 0. The zero-order chi connectivity index (χ0) is 10.1. The summed E-state index contributed by atoms with van der Waals surface area (Å²) < 4.78 is 0. The van der Waals surface area contributed by atoms with Crippen LogP contribution in [-0.4, -0.2) is 31.1 Å². The summed E-state index contributed by atoms with van der Waals surface area (Å²) in [4.78, 5) is 2.33. The van der Waals surface area contributed by atoms with Gasteiger partial charge in [-0.3, -0.25) is 4.90 Å². The molecule has 0 fully saturated rings. The second-order valence-corrected chi connectivity index (χ2v) is 3.52. The van der Waals surface area contributed by atoms with Crippen molar-refractivity contribution in [2.45, 2.75) is 39.2 Å². The van der Waals surface area contributed by atoms with Gasteiger partial charge in [-0.1, -0.05) is 31.9 Å². The normalized spacial score (nSPS) is 14.2. The van der Waals surface area contributed by atoms with E-state index in [1.54, 1.807) is 0 Å². The molecule has 0 heterocycles. The maximum atomic E-state index is 5.67. The molecule has 0 rings (SSSR count). The third-order valence-corrected chi connectivity index (χ3v) is 2.34. The minimum absolute atomic E-state index is 0.418. The van der Waals surface area contributed by atoms with Crippen molar-refractivity contribution < 1.29 is 0 Å². The fraction of sp³-hybridized carbons (Fsp3) is 0.818. The number of hydrogen-bond acceptors (Lipinski definition) is 2. The maximum Gasteiger partial charge on any atom is 0.0397 e. The minimum Gasteiger partial charge on any atom is -0.329 e. The lowest BCUT2D eigenvalue weighted by molar-refractivity contribution is 0.280. The van der Waals surface area contributed by atoms with Gasteiger partial charge >= 0.3 is 0 Å². The van der Waals surface area contributed by atoms with Crippen LogP contribution in [-0.2, 0) is 0 Å². The van der Waals surface area contributed by atoms with Gasteiger partial charge in [-0.2, -0.15) is 0 Å². The van der Waals surface area contributed by atoms with E-state index < -0.39 is 0 Å². The fourth-order valence-electron chi connectivity index (χ4n) is 1.40. The first-order valence-electron chi connectivity index (χ1n) is 5.29. The second-order valence-electron chi connectivity index (χ2n) is 3.52. The largest absolute Gasteiger partial charge is 0.329 e. The number of hydrogen-bond donors (Lipinski definition) is 1. The molecule has 0 saturated heterocycles. The van der Waals surface area contributed by atoms with Crippen LogP contribution < -0.4 is 5.73 Å². The van der Waals surface area contributed by atoms with E-state index in [2.05, 4.69) is 31.0 Å². The Labute approximate surface area is 82.8 Å². The molecule has 78 valence electrons. The summed E-state index contributed by atoms with van der Waals surface area (Å²) in [6.45, 7) is 6.14. The predicted molar refractivity (Wildman–Crippen MR) is 59.8 cm³/mol. The lowest BCUT2D eigenvalue weighted by Gasteiger charge is -2.23. The Bertz CT molecular complexity index is 132. The number of nitrogens with zero attached hydrogens (tertiary/aromatic N) is 1. The van der Waals surface area contributed by atoms with E-state index in [9.17, 15) is 0 Å². The smallest absolute Gasteiger partial charge is 0.0397 e. The van der Waals surface area contributed by atoms with Gasteiger partial charge in [0.25, 0.3) is 0 Å². The quantitative estimate of drug-likeness (QED) is 0.484. The van der Waals surface area contributed by atoms with E-state index >= 15 is 0 Å². The molecule has 0 bridgehead atoms. The van der Waals surface area contributed by atoms with Gasteiger partial charge in [0, 0.05) is 12.6 Å². The van der Waals surface area contributed by atoms with Crippen LogP contribution in [0.2, 0.25) is 0 Å². The molecule has 0 amide bonds. The Kier molecular flexibility index (Phi) is 8.05. The van der Waals surface area contributed by atoms with Crippen LogP contribution in [0.3, 0.4) is 0 Å². The van der Waals surface area contributed by atoms with Gasteiger partial charge in [0.1, 0.15) is 0 Å². The van der Waals surface area contributed by atoms with Crippen LogP contribution in [0.5, 0.6) is 0 Å². The number of likely N-dealkylation sites (N-methyl/N-ethyl adjacent to an activating group) is 1. The molecule has 0 aromatic rings. The van der Waals surface area contributed by atoms with Gasteiger partial charge in [-0.15, -0.1) is 0 Å². The van der Waals surface area contributed by atoms with Crippen molar-refractivity contribution >= 4 is 0 Å². The highest BCUT2D eigenvalue weighted by Crippen LogP contribution is 2.01. The summed E-state index contributed by atoms with van der Waals surface area (Å²) >= 11 is 0. The highest BCUT2D eigenvalue weighted by molar-refractivity contribution is 4.92. The van der Waals surface area contributed by atoms with Gasteiger partial charge in [0.05, 0.1) is 0 Å². The second kappa shape index (κ2) is 8.27. The molecular formula is C11H24N2. The van der Waals surface area contributed by atoms with Crippen LogP contribution in [0.25, 0.3) is 0 Å². The molecule has 0 spiro atoms. The molecule has 0 saturated carbocycles. The van der Waals surface area contributed by atoms with Gasteiger partial charge in [0.2, 0.25) is 0 Å². The molecule has 2 heteroatoms. The van der Waals surface area contributed by atoms with Crippen molar-refractivity contribution in [1.29, 1.82) is 0 Å². The molecule has 0 radical (unpaired) electrons. The predicted octanol–water partition coefficient (Wildman–Crippen LogP) is 2.01. The molecule has 13 heavy (non-hydrogen) atoms. The number of nitrogens with two attached hydrogens (primary N) is 1. The van der Waals surface area contributed by atoms with E-state index in [1.165, 1.54) is 19.3 Å². The van der Waals surface area contributed by atoms with E-state index in [1.807, 2.05) is 6.92 Å². The van der Waals surface area contributed by atoms with Crippen molar-refractivity contribution in [2.75, 3.05) is 20.1 Å². The zero-order valence-electron chi connectivity index (χ0n) is 9.29. The zero-order valence-corrected chi connectivity index (χ0v) is 9.29. The molecule has 2 nitrogen and oxygen atoms in total. The van der Waals surface area contributed by atoms with Crippen LogP contribution in [0.1, 0.15) is 33.1 Å². The standard InChI is InChI=1S/C11H24N2/c1-4-6-7-9-13(3)11(10-12)8-5-2/h5,8,11H,4,6-7,9-10,12H2,1-3H3. The first-order chi connectivity index (χ1) is 6.26. The van der Waals surface area contributed by atoms with Crippen LogP contribution in [0.15, 0.2) is 12.2 Å². The lowest BCUT2D eigenvalue weighted by atomic mass is 10.2. The molecule has 0 aliphatic heterocycles. The topological polar surface area (TPSA) is 29.3 Å². The van der Waals surface area contributed by atoms with E-state index in [0.717, 1.165) is 6.54 Å². The molecular weight excluding hydrogens is 160 g/mol. The van der Waals surface area contributed by atoms with E-state index in [-0.39, 0.29) is 0 Å². The average Bonchev–Trinajstić information content (AvgIpc) is 2.14. The highest BCUT2D eigenvalue weighted by atomic mass is 15.1. The Morgan fingerprint density at radius 2 is 2.08 bits per heavy atom.